The van der Waals surface area contributed by atoms with Crippen LogP contribution in [0.3, 0.4) is 0 Å². The molecule has 1 aromatic carbocycles. The lowest BCUT2D eigenvalue weighted by molar-refractivity contribution is -0.144. The molecule has 1 heterocycles. The van der Waals surface area contributed by atoms with Gasteiger partial charge in [0.05, 0.1) is 18.6 Å². The Morgan fingerprint density at radius 3 is 2.90 bits per heavy atom. The second-order valence-electron chi connectivity index (χ2n) is 5.44. The van der Waals surface area contributed by atoms with Gasteiger partial charge in [-0.25, -0.2) is 0 Å². The van der Waals surface area contributed by atoms with Gasteiger partial charge in [0, 0.05) is 19.1 Å². The van der Waals surface area contributed by atoms with Gasteiger partial charge in [0.15, 0.2) is 0 Å². The number of hydrogen-bond acceptors (Lipinski definition) is 4. The highest BCUT2D eigenvalue weighted by atomic mass is 16.5. The van der Waals surface area contributed by atoms with Crippen LogP contribution in [0.25, 0.3) is 0 Å². The zero-order valence-corrected chi connectivity index (χ0v) is 11.9. The minimum absolute atomic E-state index is 0.0702. The Morgan fingerprint density at radius 2 is 2.15 bits per heavy atom. The van der Waals surface area contributed by atoms with E-state index in [0.717, 1.165) is 30.6 Å². The lowest BCUT2D eigenvalue weighted by Crippen LogP contribution is -2.38. The van der Waals surface area contributed by atoms with Crippen molar-refractivity contribution in [2.24, 2.45) is 5.92 Å². The first-order valence-electron chi connectivity index (χ1n) is 7.24. The molecule has 0 N–H and O–H groups in total. The average Bonchev–Trinajstić information content (AvgIpc) is 2.47. The Morgan fingerprint density at radius 1 is 1.30 bits per heavy atom. The van der Waals surface area contributed by atoms with E-state index in [1.807, 2.05) is 25.1 Å². The van der Waals surface area contributed by atoms with Gasteiger partial charge in [-0.15, -0.1) is 0 Å². The summed E-state index contributed by atoms with van der Waals surface area (Å²) in [5.74, 6) is 1.48. The summed E-state index contributed by atoms with van der Waals surface area (Å²) in [5, 5.41) is 0. The van der Waals surface area contributed by atoms with E-state index in [2.05, 4.69) is 0 Å². The van der Waals surface area contributed by atoms with Crippen LogP contribution in [-0.2, 0) is 9.53 Å². The number of ether oxygens (including phenoxy) is 3. The van der Waals surface area contributed by atoms with Crippen molar-refractivity contribution in [3.8, 4) is 11.5 Å². The lowest BCUT2D eigenvalue weighted by atomic mass is 9.73. The van der Waals surface area contributed by atoms with Crippen molar-refractivity contribution < 1.29 is 19.0 Å². The number of carbonyl (C=O) groups is 1. The van der Waals surface area contributed by atoms with Gasteiger partial charge in [-0.3, -0.25) is 4.79 Å². The van der Waals surface area contributed by atoms with Gasteiger partial charge < -0.3 is 14.2 Å². The predicted octanol–water partition coefficient (Wildman–Crippen LogP) is 2.90. The summed E-state index contributed by atoms with van der Waals surface area (Å²) < 4.78 is 16.4. The van der Waals surface area contributed by atoms with Crippen LogP contribution in [0.5, 0.6) is 11.5 Å². The van der Waals surface area contributed by atoms with Gasteiger partial charge in [-0.05, 0) is 37.8 Å². The molecule has 2 aliphatic rings. The summed E-state index contributed by atoms with van der Waals surface area (Å²) in [4.78, 5) is 12.2. The number of esters is 1. The first-order chi connectivity index (χ1) is 9.72. The highest BCUT2D eigenvalue weighted by Crippen LogP contribution is 2.46. The second kappa shape index (κ2) is 5.44. The summed E-state index contributed by atoms with van der Waals surface area (Å²) in [6.07, 6.45) is 2.90. The summed E-state index contributed by atoms with van der Waals surface area (Å²) >= 11 is 0. The molecule has 20 heavy (non-hydrogen) atoms. The minimum atomic E-state index is -0.127. The topological polar surface area (TPSA) is 44.8 Å². The third-order valence-corrected chi connectivity index (χ3v) is 4.34. The van der Waals surface area contributed by atoms with E-state index in [1.54, 1.807) is 7.11 Å². The molecule has 3 atom stereocenters. The van der Waals surface area contributed by atoms with E-state index >= 15 is 0 Å². The number of carbonyl (C=O) groups excluding carboxylic acids is 1. The van der Waals surface area contributed by atoms with Crippen LogP contribution < -0.4 is 9.47 Å². The average molecular weight is 276 g/mol. The molecule has 1 saturated carbocycles. The molecule has 3 unspecified atom stereocenters. The molecule has 0 amide bonds. The highest BCUT2D eigenvalue weighted by molar-refractivity contribution is 5.79. The molecule has 0 spiro atoms. The molecule has 4 heteroatoms. The van der Waals surface area contributed by atoms with Crippen LogP contribution in [0.4, 0.5) is 0 Å². The maximum absolute atomic E-state index is 12.2. The van der Waals surface area contributed by atoms with Crippen LogP contribution in [0.15, 0.2) is 18.2 Å². The van der Waals surface area contributed by atoms with Gasteiger partial charge in [0.25, 0.3) is 0 Å². The van der Waals surface area contributed by atoms with Gasteiger partial charge in [-0.2, -0.15) is 0 Å². The van der Waals surface area contributed by atoms with E-state index in [9.17, 15) is 4.79 Å². The fourth-order valence-electron chi connectivity index (χ4n) is 3.33. The molecular weight excluding hydrogens is 256 g/mol. The molecule has 0 saturated heterocycles. The molecule has 4 nitrogen and oxygen atoms in total. The molecule has 1 aliphatic heterocycles. The van der Waals surface area contributed by atoms with Gasteiger partial charge in [0.2, 0.25) is 0 Å². The van der Waals surface area contributed by atoms with E-state index < -0.39 is 0 Å². The second-order valence-corrected chi connectivity index (χ2v) is 5.44. The monoisotopic (exact) mass is 276 g/mol. The fraction of sp³-hybridized carbons (Fsp3) is 0.562. The summed E-state index contributed by atoms with van der Waals surface area (Å²) in [6.45, 7) is 2.54. The predicted molar refractivity (Wildman–Crippen MR) is 74.1 cm³/mol. The molecule has 0 bridgehead atoms. The Bertz CT molecular complexity index is 511. The molecule has 1 aromatic rings. The van der Waals surface area contributed by atoms with E-state index in [-0.39, 0.29) is 23.9 Å². The molecule has 0 aromatic heterocycles. The molecule has 108 valence electrons. The third-order valence-electron chi connectivity index (χ3n) is 4.34. The van der Waals surface area contributed by atoms with Crippen molar-refractivity contribution in [1.82, 2.24) is 0 Å². The zero-order valence-electron chi connectivity index (χ0n) is 11.9. The normalized spacial score (nSPS) is 28.3. The van der Waals surface area contributed by atoms with Crippen molar-refractivity contribution in [2.45, 2.75) is 38.2 Å². The summed E-state index contributed by atoms with van der Waals surface area (Å²) in [7, 11) is 1.71. The number of hydrogen-bond donors (Lipinski definition) is 0. The number of benzene rings is 1. The number of fused-ring (bicyclic) bond motifs is 3. The Balaban J connectivity index is 1.89. The third kappa shape index (κ3) is 2.29. The van der Waals surface area contributed by atoms with Crippen molar-refractivity contribution in [1.29, 1.82) is 0 Å². The minimum Gasteiger partial charge on any atom is -0.494 e. The fourth-order valence-corrected chi connectivity index (χ4v) is 3.33. The van der Waals surface area contributed by atoms with Crippen LogP contribution in [0.1, 0.15) is 37.7 Å². The Kier molecular flexibility index (Phi) is 3.66. The van der Waals surface area contributed by atoms with Gasteiger partial charge >= 0.3 is 5.97 Å². The summed E-state index contributed by atoms with van der Waals surface area (Å²) in [5.41, 5.74) is 1.13. The van der Waals surface area contributed by atoms with Gasteiger partial charge in [-0.1, -0.05) is 6.07 Å². The van der Waals surface area contributed by atoms with Crippen molar-refractivity contribution in [3.63, 3.8) is 0 Å². The molecule has 1 fully saturated rings. The van der Waals surface area contributed by atoms with Crippen LogP contribution >= 0.6 is 0 Å². The van der Waals surface area contributed by atoms with Crippen LogP contribution in [0.2, 0.25) is 0 Å². The zero-order chi connectivity index (χ0) is 14.1. The van der Waals surface area contributed by atoms with Crippen molar-refractivity contribution in [2.75, 3.05) is 13.7 Å². The molecule has 0 radical (unpaired) electrons. The molecule has 1 aliphatic carbocycles. The van der Waals surface area contributed by atoms with Crippen molar-refractivity contribution >= 4 is 5.97 Å². The van der Waals surface area contributed by atoms with E-state index in [4.69, 9.17) is 14.2 Å². The number of methoxy groups -OCH3 is 1. The standard InChI is InChI=1S/C16H20O4/c1-3-19-11-5-7-13-12-6-4-10(18-2)8-14(12)16(17)20-15(13)9-11/h5,7,9-10,12,14H,3-4,6,8H2,1-2H3. The molecule has 3 rings (SSSR count). The number of rotatable bonds is 3. The Labute approximate surface area is 119 Å². The quantitative estimate of drug-likeness (QED) is 0.629. The van der Waals surface area contributed by atoms with Crippen LogP contribution in [-0.4, -0.2) is 25.8 Å². The van der Waals surface area contributed by atoms with E-state index in [1.165, 1.54) is 0 Å². The first-order valence-corrected chi connectivity index (χ1v) is 7.24. The largest absolute Gasteiger partial charge is 0.494 e. The summed E-state index contributed by atoms with van der Waals surface area (Å²) in [6, 6.07) is 5.83. The van der Waals surface area contributed by atoms with Gasteiger partial charge in [0.1, 0.15) is 11.5 Å². The smallest absolute Gasteiger partial charge is 0.315 e. The van der Waals surface area contributed by atoms with E-state index in [0.29, 0.717) is 12.4 Å². The highest BCUT2D eigenvalue weighted by Gasteiger charge is 2.42. The maximum Gasteiger partial charge on any atom is 0.315 e. The SMILES string of the molecule is CCOc1ccc2c(c1)OC(=O)C1CC(OC)CCC21. The molecular formula is C16H20O4. The lowest BCUT2D eigenvalue weighted by Gasteiger charge is -2.38. The van der Waals surface area contributed by atoms with Crippen LogP contribution in [0, 0.1) is 5.92 Å². The maximum atomic E-state index is 12.2. The first kappa shape index (κ1) is 13.4. The van der Waals surface area contributed by atoms with Crippen molar-refractivity contribution in [3.05, 3.63) is 23.8 Å². The Hall–Kier alpha value is -1.55.